The summed E-state index contributed by atoms with van der Waals surface area (Å²) in [4.78, 5) is 36.7. The highest BCUT2D eigenvalue weighted by molar-refractivity contribution is 6.45. The second-order valence-corrected chi connectivity index (χ2v) is 8.48. The second kappa shape index (κ2) is 12.7. The molecule has 0 unspecified atom stereocenters. The summed E-state index contributed by atoms with van der Waals surface area (Å²) in [5.41, 5.74) is 2.10. The fraction of sp³-hybridized carbons (Fsp3) is 0.292. The van der Waals surface area contributed by atoms with Crippen LogP contribution in [0, 0.1) is 11.7 Å². The lowest BCUT2D eigenvalue weighted by molar-refractivity contribution is -0.142. The zero-order valence-corrected chi connectivity index (χ0v) is 19.6. The van der Waals surface area contributed by atoms with Gasteiger partial charge in [-0.3, -0.25) is 9.59 Å². The van der Waals surface area contributed by atoms with Gasteiger partial charge in [-0.05, 0) is 42.8 Å². The monoisotopic (exact) mass is 495 g/mol. The predicted molar refractivity (Wildman–Crippen MR) is 130 cm³/mol. The average molecular weight is 495 g/mol. The van der Waals surface area contributed by atoms with E-state index in [0.29, 0.717) is 17.5 Å². The number of Topliss-reactive ketones (excluding diaryl/α,β-unsaturated/α-hetero) is 1. The molecule has 188 valence electrons. The molecule has 0 fully saturated rings. The summed E-state index contributed by atoms with van der Waals surface area (Å²) in [5, 5.41) is 33.7. The van der Waals surface area contributed by atoms with E-state index in [0.717, 1.165) is 5.56 Å². The van der Waals surface area contributed by atoms with E-state index in [4.69, 9.17) is 0 Å². The van der Waals surface area contributed by atoms with E-state index in [-0.39, 0.29) is 36.7 Å². The molecule has 0 aliphatic carbocycles. The number of nitrogens with one attached hydrogen (secondary N) is 3. The molecule has 2 aromatic carbocycles. The fourth-order valence-electron chi connectivity index (χ4n) is 3.83. The van der Waals surface area contributed by atoms with Crippen LogP contribution in [-0.2, 0) is 16.0 Å². The number of carboxylic acids is 1. The topological polar surface area (TPSA) is 157 Å². The number of aromatic amines is 1. The smallest absolute Gasteiger partial charge is 0.374 e. The fourth-order valence-corrected chi connectivity index (χ4v) is 3.83. The molecule has 2 atom stereocenters. The van der Waals surface area contributed by atoms with Crippen molar-refractivity contribution < 1.29 is 28.9 Å². The maximum absolute atomic E-state index is 14.1. The molecule has 0 aliphatic rings. The van der Waals surface area contributed by atoms with Crippen molar-refractivity contribution in [3.8, 4) is 11.1 Å². The van der Waals surface area contributed by atoms with Gasteiger partial charge in [0.05, 0.1) is 12.7 Å². The van der Waals surface area contributed by atoms with Gasteiger partial charge in [-0.1, -0.05) is 42.5 Å². The van der Waals surface area contributed by atoms with Gasteiger partial charge in [-0.15, -0.1) is 0 Å². The number of carbonyl (C=O) groups is 3. The number of aromatic nitrogens is 3. The Kier molecular flexibility index (Phi) is 9.42. The Labute approximate surface area is 207 Å². The maximum Gasteiger partial charge on any atom is 0.374 e. The summed E-state index contributed by atoms with van der Waals surface area (Å²) >= 11 is 0. The van der Waals surface area contributed by atoms with Crippen molar-refractivity contribution in [1.29, 1.82) is 0 Å². The molecule has 1 amide bonds. The van der Waals surface area contributed by atoms with Crippen LogP contribution in [0.5, 0.6) is 0 Å². The Morgan fingerprint density at radius 3 is 2.47 bits per heavy atom. The first kappa shape index (κ1) is 26.7. The summed E-state index contributed by atoms with van der Waals surface area (Å²) in [5.74, 6) is -2.96. The van der Waals surface area contributed by atoms with E-state index >= 15 is 0 Å². The Hall–Kier alpha value is -3.90. The van der Waals surface area contributed by atoms with Crippen LogP contribution in [0.3, 0.4) is 0 Å². The molecule has 1 heterocycles. The van der Waals surface area contributed by atoms with Crippen LogP contribution >= 0.6 is 0 Å². The number of hydrogen-bond donors (Lipinski definition) is 5. The molecule has 0 bridgehead atoms. The summed E-state index contributed by atoms with van der Waals surface area (Å²) in [6.07, 6.45) is 1.59. The number of nitrogens with zero attached hydrogens (tertiary/aromatic N) is 2. The molecule has 0 saturated carbocycles. The van der Waals surface area contributed by atoms with Gasteiger partial charge in [0.25, 0.3) is 0 Å². The lowest BCUT2D eigenvalue weighted by Crippen LogP contribution is -2.47. The van der Waals surface area contributed by atoms with Crippen LogP contribution in [0.15, 0.2) is 54.7 Å². The van der Waals surface area contributed by atoms with Crippen molar-refractivity contribution in [2.45, 2.75) is 32.1 Å². The van der Waals surface area contributed by atoms with Gasteiger partial charge in [0.15, 0.2) is 5.78 Å². The van der Waals surface area contributed by atoms with Gasteiger partial charge in [-0.25, -0.2) is 9.18 Å². The molecule has 3 aromatic rings. The Morgan fingerprint density at radius 1 is 1.14 bits per heavy atom. The first-order chi connectivity index (χ1) is 17.2. The first-order valence-corrected chi connectivity index (χ1v) is 11.4. The summed E-state index contributed by atoms with van der Waals surface area (Å²) in [6.45, 7) is 1.17. The minimum absolute atomic E-state index is 0.0194. The van der Waals surface area contributed by atoms with Crippen LogP contribution in [-0.4, -0.2) is 62.8 Å². The van der Waals surface area contributed by atoms with Crippen molar-refractivity contribution in [2.24, 2.45) is 5.92 Å². The van der Waals surface area contributed by atoms with Crippen molar-refractivity contribution in [1.82, 2.24) is 26.0 Å². The molecular weight excluding hydrogens is 468 g/mol. The molecule has 0 spiro atoms. The minimum Gasteiger partial charge on any atom is -0.480 e. The first-order valence-electron chi connectivity index (χ1n) is 11.4. The lowest BCUT2D eigenvalue weighted by Gasteiger charge is -2.22. The van der Waals surface area contributed by atoms with Crippen LogP contribution < -0.4 is 10.5 Å². The van der Waals surface area contributed by atoms with Crippen molar-refractivity contribution >= 4 is 24.7 Å². The molecule has 10 nitrogen and oxygen atoms in total. The van der Waals surface area contributed by atoms with Gasteiger partial charge in [-0.2, -0.15) is 15.4 Å². The highest BCUT2D eigenvalue weighted by atomic mass is 19.1. The zero-order chi connectivity index (χ0) is 26.1. The molecule has 5 N–H and O–H groups in total. The number of hydrogen-bond acceptors (Lipinski definition) is 7. The molecule has 36 heavy (non-hydrogen) atoms. The molecule has 0 aliphatic heterocycles. The van der Waals surface area contributed by atoms with Crippen molar-refractivity contribution in [3.05, 3.63) is 71.8 Å². The highest BCUT2D eigenvalue weighted by Crippen LogP contribution is 2.25. The normalized spacial score (nSPS) is 12.5. The molecule has 12 heteroatoms. The minimum atomic E-state index is -1.25. The Bertz CT molecular complexity index is 1170. The molecule has 0 saturated heterocycles. The van der Waals surface area contributed by atoms with E-state index in [2.05, 4.69) is 26.0 Å². The number of rotatable bonds is 13. The third-order valence-electron chi connectivity index (χ3n) is 5.60. The van der Waals surface area contributed by atoms with Gasteiger partial charge in [0.2, 0.25) is 5.91 Å². The van der Waals surface area contributed by atoms with Crippen molar-refractivity contribution in [2.75, 3.05) is 6.54 Å². The number of H-pyrrole nitrogens is 1. The van der Waals surface area contributed by atoms with Crippen LogP contribution in [0.2, 0.25) is 6.82 Å². The molecule has 1 aromatic heterocycles. The molecule has 3 rings (SSSR count). The van der Waals surface area contributed by atoms with E-state index < -0.39 is 30.9 Å². The summed E-state index contributed by atoms with van der Waals surface area (Å²) in [6, 6.07) is 12.3. The molecular formula is C24H27BFN5O5. The quantitative estimate of drug-likeness (QED) is 0.177. The SMILES string of the molecule is CB(O)NCC(=O)N[C@H](C[C@H](CC(=O)c1cn[nH]n1)Cc1ccc(-c2ccccc2F)cc1)C(=O)O. The Balaban J connectivity index is 1.76. The number of amides is 1. The molecule has 0 radical (unpaired) electrons. The third-order valence-corrected chi connectivity index (χ3v) is 5.60. The highest BCUT2D eigenvalue weighted by Gasteiger charge is 2.27. The third kappa shape index (κ3) is 7.82. The Morgan fingerprint density at radius 2 is 1.86 bits per heavy atom. The number of benzene rings is 2. The van der Waals surface area contributed by atoms with Gasteiger partial charge < -0.3 is 20.7 Å². The van der Waals surface area contributed by atoms with Crippen LogP contribution in [0.4, 0.5) is 4.39 Å². The van der Waals surface area contributed by atoms with Crippen LogP contribution in [0.1, 0.15) is 28.9 Å². The van der Waals surface area contributed by atoms with Gasteiger partial charge >= 0.3 is 13.0 Å². The standard InChI is InChI=1S/C24H27BFN5O5/c1-25(36)27-14-23(33)29-20(24(34)35)11-16(12-22(32)21-13-28-31-30-21)10-15-6-8-17(9-7-15)18-4-2-3-5-19(18)26/h2-9,13,16,20,27,36H,10-12,14H2,1H3,(H,29,33)(H,34,35)(H,28,30,31)/t16-,20-/m1/s1. The maximum atomic E-state index is 14.1. The van der Waals surface area contributed by atoms with Crippen molar-refractivity contribution in [3.63, 3.8) is 0 Å². The van der Waals surface area contributed by atoms with E-state index in [9.17, 15) is 28.9 Å². The summed E-state index contributed by atoms with van der Waals surface area (Å²) in [7, 11) is -0.931. The number of carboxylic acid groups (broad SMARTS) is 1. The number of aliphatic carboxylic acids is 1. The van der Waals surface area contributed by atoms with Gasteiger partial charge in [0, 0.05) is 12.0 Å². The number of halogens is 1. The van der Waals surface area contributed by atoms with E-state index in [1.165, 1.54) is 19.1 Å². The second-order valence-electron chi connectivity index (χ2n) is 8.48. The predicted octanol–water partition coefficient (Wildman–Crippen LogP) is 1.70. The van der Waals surface area contributed by atoms with Gasteiger partial charge in [0.1, 0.15) is 17.6 Å². The number of ketones is 1. The van der Waals surface area contributed by atoms with Crippen LogP contribution in [0.25, 0.3) is 11.1 Å². The zero-order valence-electron chi connectivity index (χ0n) is 19.6. The largest absolute Gasteiger partial charge is 0.480 e. The number of carbonyl (C=O) groups excluding carboxylic acids is 2. The van der Waals surface area contributed by atoms with E-state index in [1.807, 2.05) is 0 Å². The average Bonchev–Trinajstić information content (AvgIpc) is 3.38. The van der Waals surface area contributed by atoms with E-state index in [1.54, 1.807) is 42.5 Å². The lowest BCUT2D eigenvalue weighted by atomic mass is 9.87. The summed E-state index contributed by atoms with van der Waals surface area (Å²) < 4.78 is 14.1.